The summed E-state index contributed by atoms with van der Waals surface area (Å²) in [6.07, 6.45) is 4.64. The maximum Gasteiger partial charge on any atom is 0.107 e. The predicted octanol–water partition coefficient (Wildman–Crippen LogP) is 3.47. The summed E-state index contributed by atoms with van der Waals surface area (Å²) in [4.78, 5) is 4.72. The predicted molar refractivity (Wildman–Crippen MR) is 85.1 cm³/mol. The number of aromatic nitrogens is 1. The smallest absolute Gasteiger partial charge is 0.107 e. The fourth-order valence-corrected chi connectivity index (χ4v) is 3.98. The van der Waals surface area contributed by atoms with Crippen LogP contribution in [0.2, 0.25) is 0 Å². The topological polar surface area (TPSA) is 45.1 Å². The number of hydrogen-bond donors (Lipinski definition) is 2. The van der Waals surface area contributed by atoms with E-state index < -0.39 is 0 Å². The summed E-state index contributed by atoms with van der Waals surface area (Å²) in [5.41, 5.74) is 1.18. The zero-order valence-electron chi connectivity index (χ0n) is 13.2. The van der Waals surface area contributed by atoms with E-state index in [9.17, 15) is 5.11 Å². The highest BCUT2D eigenvalue weighted by Crippen LogP contribution is 2.32. The normalized spacial score (nSPS) is 27.8. The summed E-state index contributed by atoms with van der Waals surface area (Å²) in [7, 11) is 0. The summed E-state index contributed by atoms with van der Waals surface area (Å²) >= 11 is 1.72. The molecule has 0 saturated heterocycles. The van der Waals surface area contributed by atoms with Gasteiger partial charge >= 0.3 is 0 Å². The quantitative estimate of drug-likeness (QED) is 0.894. The Labute approximate surface area is 126 Å². The number of nitrogens with zero attached hydrogens (tertiary/aromatic N) is 1. The average Bonchev–Trinajstić information content (AvgIpc) is 2.85. The van der Waals surface area contributed by atoms with Crippen LogP contribution in [-0.2, 0) is 12.0 Å². The van der Waals surface area contributed by atoms with Crippen LogP contribution in [0.4, 0.5) is 0 Å². The molecule has 0 amide bonds. The summed E-state index contributed by atoms with van der Waals surface area (Å²) in [5, 5.41) is 16.7. The average molecular weight is 296 g/mol. The monoisotopic (exact) mass is 296 g/mol. The van der Waals surface area contributed by atoms with Crippen molar-refractivity contribution in [2.24, 2.45) is 5.92 Å². The first kappa shape index (κ1) is 15.9. The van der Waals surface area contributed by atoms with Gasteiger partial charge in [0.1, 0.15) is 5.01 Å². The van der Waals surface area contributed by atoms with Gasteiger partial charge < -0.3 is 10.4 Å². The first-order valence-corrected chi connectivity index (χ1v) is 8.53. The van der Waals surface area contributed by atoms with E-state index in [0.29, 0.717) is 5.92 Å². The van der Waals surface area contributed by atoms with E-state index in [4.69, 9.17) is 4.98 Å². The van der Waals surface area contributed by atoms with E-state index in [0.717, 1.165) is 30.1 Å². The standard InChI is InChI=1S/C16H28N2OS/c1-12-6-5-7-16(8-12,11-19)17-9-14-18-13(10-20-14)15(2,3)4/h10,12,17,19H,5-9,11H2,1-4H3. The van der Waals surface area contributed by atoms with Gasteiger partial charge in [-0.1, -0.05) is 40.5 Å². The van der Waals surface area contributed by atoms with Gasteiger partial charge in [-0.15, -0.1) is 11.3 Å². The Morgan fingerprint density at radius 3 is 2.80 bits per heavy atom. The van der Waals surface area contributed by atoms with Crippen LogP contribution in [0.3, 0.4) is 0 Å². The second-order valence-electron chi connectivity index (χ2n) is 7.37. The van der Waals surface area contributed by atoms with Crippen LogP contribution in [0, 0.1) is 5.92 Å². The highest BCUT2D eigenvalue weighted by molar-refractivity contribution is 7.09. The minimum atomic E-state index is -0.0920. The number of aliphatic hydroxyl groups excluding tert-OH is 1. The van der Waals surface area contributed by atoms with E-state index >= 15 is 0 Å². The van der Waals surface area contributed by atoms with Crippen LogP contribution in [0.25, 0.3) is 0 Å². The highest BCUT2D eigenvalue weighted by atomic mass is 32.1. The first-order valence-electron chi connectivity index (χ1n) is 7.65. The first-order chi connectivity index (χ1) is 9.35. The molecule has 0 aliphatic heterocycles. The molecule has 1 aliphatic rings. The van der Waals surface area contributed by atoms with Crippen molar-refractivity contribution < 1.29 is 5.11 Å². The maximum atomic E-state index is 9.79. The molecule has 20 heavy (non-hydrogen) atoms. The van der Waals surface area contributed by atoms with Crippen LogP contribution in [0.15, 0.2) is 5.38 Å². The Bertz CT molecular complexity index is 438. The lowest BCUT2D eigenvalue weighted by Gasteiger charge is -2.39. The van der Waals surface area contributed by atoms with Crippen molar-refractivity contribution in [3.05, 3.63) is 16.1 Å². The molecular weight excluding hydrogens is 268 g/mol. The van der Waals surface area contributed by atoms with Gasteiger partial charge in [0.15, 0.2) is 0 Å². The molecule has 114 valence electrons. The molecule has 0 aromatic carbocycles. The molecule has 1 aliphatic carbocycles. The van der Waals surface area contributed by atoms with Gasteiger partial charge in [0.2, 0.25) is 0 Å². The van der Waals surface area contributed by atoms with Crippen molar-refractivity contribution in [2.45, 2.75) is 70.9 Å². The molecule has 2 unspecified atom stereocenters. The van der Waals surface area contributed by atoms with E-state index in [1.165, 1.54) is 12.8 Å². The van der Waals surface area contributed by atoms with Gasteiger partial charge in [-0.3, -0.25) is 0 Å². The van der Waals surface area contributed by atoms with Gasteiger partial charge in [-0.05, 0) is 18.8 Å². The third-order valence-electron chi connectivity index (χ3n) is 4.33. The highest BCUT2D eigenvalue weighted by Gasteiger charge is 2.34. The zero-order chi connectivity index (χ0) is 14.8. The van der Waals surface area contributed by atoms with Crippen LogP contribution >= 0.6 is 11.3 Å². The number of thiazole rings is 1. The number of rotatable bonds is 4. The molecule has 2 atom stereocenters. The number of nitrogens with one attached hydrogen (secondary N) is 1. The fourth-order valence-electron chi connectivity index (χ4n) is 3.02. The molecule has 4 heteroatoms. The summed E-state index contributed by atoms with van der Waals surface area (Å²) < 4.78 is 0. The molecule has 2 rings (SSSR count). The molecule has 1 heterocycles. The largest absolute Gasteiger partial charge is 0.394 e. The Hall–Kier alpha value is -0.450. The molecule has 2 N–H and O–H groups in total. The van der Waals surface area contributed by atoms with Crippen LogP contribution in [0.1, 0.15) is 64.1 Å². The van der Waals surface area contributed by atoms with Crippen LogP contribution in [0.5, 0.6) is 0 Å². The second-order valence-corrected chi connectivity index (χ2v) is 8.31. The second kappa shape index (κ2) is 6.12. The van der Waals surface area contributed by atoms with Gasteiger partial charge in [-0.25, -0.2) is 4.98 Å². The minimum absolute atomic E-state index is 0.0920. The van der Waals surface area contributed by atoms with Crippen molar-refractivity contribution in [2.75, 3.05) is 6.61 Å². The lowest BCUT2D eigenvalue weighted by Crippen LogP contribution is -2.51. The van der Waals surface area contributed by atoms with E-state index in [1.54, 1.807) is 11.3 Å². The van der Waals surface area contributed by atoms with Gasteiger partial charge in [-0.2, -0.15) is 0 Å². The maximum absolute atomic E-state index is 9.79. The van der Waals surface area contributed by atoms with E-state index in [2.05, 4.69) is 38.4 Å². The summed E-state index contributed by atoms with van der Waals surface area (Å²) in [6.45, 7) is 9.86. The van der Waals surface area contributed by atoms with Gasteiger partial charge in [0.25, 0.3) is 0 Å². The molecule has 0 bridgehead atoms. The van der Waals surface area contributed by atoms with Crippen molar-refractivity contribution in [1.82, 2.24) is 10.3 Å². The molecule has 3 nitrogen and oxygen atoms in total. The van der Waals surface area contributed by atoms with Crippen molar-refractivity contribution in [1.29, 1.82) is 0 Å². The van der Waals surface area contributed by atoms with Gasteiger partial charge in [0.05, 0.1) is 12.3 Å². The molecule has 1 saturated carbocycles. The van der Waals surface area contributed by atoms with Gasteiger partial charge in [0, 0.05) is 22.9 Å². The molecule has 1 aromatic rings. The summed E-state index contributed by atoms with van der Waals surface area (Å²) in [6, 6.07) is 0. The Morgan fingerprint density at radius 1 is 1.50 bits per heavy atom. The fraction of sp³-hybridized carbons (Fsp3) is 0.812. The molecule has 0 spiro atoms. The third kappa shape index (κ3) is 3.80. The Balaban J connectivity index is 1.98. The third-order valence-corrected chi connectivity index (χ3v) is 5.18. The molecule has 1 aromatic heterocycles. The summed E-state index contributed by atoms with van der Waals surface area (Å²) in [5.74, 6) is 0.699. The lowest BCUT2D eigenvalue weighted by molar-refractivity contribution is 0.0982. The van der Waals surface area contributed by atoms with E-state index in [-0.39, 0.29) is 17.6 Å². The number of hydrogen-bond acceptors (Lipinski definition) is 4. The van der Waals surface area contributed by atoms with Crippen molar-refractivity contribution in [3.8, 4) is 0 Å². The molecular formula is C16H28N2OS. The zero-order valence-corrected chi connectivity index (χ0v) is 14.0. The molecule has 0 radical (unpaired) electrons. The molecule has 1 fully saturated rings. The van der Waals surface area contributed by atoms with E-state index in [1.807, 2.05) is 0 Å². The number of aliphatic hydroxyl groups is 1. The lowest BCUT2D eigenvalue weighted by atomic mass is 9.77. The Kier molecular flexibility index (Phi) is 4.88. The van der Waals surface area contributed by atoms with Crippen molar-refractivity contribution in [3.63, 3.8) is 0 Å². The van der Waals surface area contributed by atoms with Crippen LogP contribution < -0.4 is 5.32 Å². The minimum Gasteiger partial charge on any atom is -0.394 e. The van der Waals surface area contributed by atoms with Crippen LogP contribution in [-0.4, -0.2) is 22.2 Å². The van der Waals surface area contributed by atoms with Crippen molar-refractivity contribution >= 4 is 11.3 Å². The SMILES string of the molecule is CC1CCCC(CO)(NCc2nc(C(C)(C)C)cs2)C1. The Morgan fingerprint density at radius 2 is 2.25 bits per heavy atom.